The summed E-state index contributed by atoms with van der Waals surface area (Å²) in [7, 11) is 0. The minimum Gasteiger partial charge on any atom is -0.351 e. The van der Waals surface area contributed by atoms with Crippen LogP contribution < -0.4 is 11.1 Å². The number of pyridine rings is 1. The molecule has 7 heteroatoms. The van der Waals surface area contributed by atoms with Crippen LogP contribution in [0.15, 0.2) is 42.7 Å². The van der Waals surface area contributed by atoms with Crippen LogP contribution in [0.2, 0.25) is 0 Å². The van der Waals surface area contributed by atoms with Gasteiger partial charge in [0.05, 0.1) is 6.04 Å². The topological polar surface area (TPSA) is 83.8 Å². The zero-order chi connectivity index (χ0) is 17.1. The van der Waals surface area contributed by atoms with Crippen LogP contribution in [0.25, 0.3) is 11.0 Å². The van der Waals surface area contributed by atoms with Crippen molar-refractivity contribution in [2.45, 2.75) is 19.0 Å². The molecule has 3 rings (SSSR count). The molecular weight excluding hydrogens is 314 g/mol. The van der Waals surface area contributed by atoms with E-state index in [1.54, 1.807) is 12.4 Å². The number of rotatable bonds is 5. The van der Waals surface area contributed by atoms with Gasteiger partial charge in [-0.2, -0.15) is 0 Å². The first kappa shape index (κ1) is 16.1. The summed E-state index contributed by atoms with van der Waals surface area (Å²) in [5.74, 6) is -2.25. The van der Waals surface area contributed by atoms with Crippen molar-refractivity contribution in [3.63, 3.8) is 0 Å². The Labute approximate surface area is 136 Å². The number of nitrogens with zero attached hydrogens (tertiary/aromatic N) is 1. The molecule has 1 unspecified atom stereocenters. The van der Waals surface area contributed by atoms with Crippen LogP contribution in [0.1, 0.15) is 11.1 Å². The Balaban J connectivity index is 1.58. The highest BCUT2D eigenvalue weighted by molar-refractivity contribution is 5.82. The highest BCUT2D eigenvalue weighted by Gasteiger charge is 2.15. The van der Waals surface area contributed by atoms with E-state index in [9.17, 15) is 13.6 Å². The Hall–Kier alpha value is -2.80. The van der Waals surface area contributed by atoms with Gasteiger partial charge in [-0.05, 0) is 41.8 Å². The average molecular weight is 330 g/mol. The molecule has 0 aliphatic heterocycles. The van der Waals surface area contributed by atoms with E-state index in [-0.39, 0.29) is 12.3 Å². The largest absolute Gasteiger partial charge is 0.351 e. The molecule has 1 atom stereocenters. The van der Waals surface area contributed by atoms with Gasteiger partial charge in [0.1, 0.15) is 5.65 Å². The Morgan fingerprint density at radius 3 is 2.83 bits per heavy atom. The number of amides is 1. The monoisotopic (exact) mass is 330 g/mol. The SMILES string of the molecule is NC(Cc1ccc(F)c(F)c1)C(=O)NCc1cnc2[nH]ccc2c1. The highest BCUT2D eigenvalue weighted by Crippen LogP contribution is 2.12. The summed E-state index contributed by atoms with van der Waals surface area (Å²) in [6, 6.07) is 6.44. The fourth-order valence-corrected chi connectivity index (χ4v) is 2.42. The van der Waals surface area contributed by atoms with Crippen molar-refractivity contribution in [2.24, 2.45) is 5.73 Å². The van der Waals surface area contributed by atoms with Crippen LogP contribution in [0.4, 0.5) is 8.78 Å². The van der Waals surface area contributed by atoms with Crippen LogP contribution in [0.5, 0.6) is 0 Å². The molecular formula is C17H16F2N4O. The van der Waals surface area contributed by atoms with E-state index >= 15 is 0 Å². The van der Waals surface area contributed by atoms with Gasteiger partial charge in [0.2, 0.25) is 5.91 Å². The van der Waals surface area contributed by atoms with Crippen LogP contribution in [0, 0.1) is 11.6 Å². The lowest BCUT2D eigenvalue weighted by Crippen LogP contribution is -2.41. The zero-order valence-electron chi connectivity index (χ0n) is 12.7. The number of carbonyl (C=O) groups excluding carboxylic acids is 1. The molecule has 0 bridgehead atoms. The van der Waals surface area contributed by atoms with Gasteiger partial charge in [0.25, 0.3) is 0 Å². The number of aromatic nitrogens is 2. The molecule has 3 aromatic rings. The molecule has 24 heavy (non-hydrogen) atoms. The van der Waals surface area contributed by atoms with Gasteiger partial charge in [-0.1, -0.05) is 6.07 Å². The third-order valence-electron chi connectivity index (χ3n) is 3.70. The predicted molar refractivity (Wildman–Crippen MR) is 86.0 cm³/mol. The molecule has 2 heterocycles. The Morgan fingerprint density at radius 2 is 2.04 bits per heavy atom. The van der Waals surface area contributed by atoms with Gasteiger partial charge in [-0.15, -0.1) is 0 Å². The van der Waals surface area contributed by atoms with E-state index in [0.717, 1.165) is 28.7 Å². The van der Waals surface area contributed by atoms with Gasteiger partial charge in [0.15, 0.2) is 11.6 Å². The average Bonchev–Trinajstić information content (AvgIpc) is 3.03. The van der Waals surface area contributed by atoms with Crippen molar-refractivity contribution >= 4 is 16.9 Å². The highest BCUT2D eigenvalue weighted by atomic mass is 19.2. The van der Waals surface area contributed by atoms with E-state index < -0.39 is 17.7 Å². The maximum atomic E-state index is 13.2. The second kappa shape index (κ2) is 6.76. The number of nitrogens with one attached hydrogen (secondary N) is 2. The lowest BCUT2D eigenvalue weighted by atomic mass is 10.1. The summed E-state index contributed by atoms with van der Waals surface area (Å²) in [6.45, 7) is 0.290. The smallest absolute Gasteiger partial charge is 0.237 e. The number of H-pyrrole nitrogens is 1. The summed E-state index contributed by atoms with van der Waals surface area (Å²) >= 11 is 0. The first-order valence-electron chi connectivity index (χ1n) is 7.42. The van der Waals surface area contributed by atoms with Crippen molar-refractivity contribution < 1.29 is 13.6 Å². The number of halogens is 2. The molecule has 0 saturated carbocycles. The summed E-state index contributed by atoms with van der Waals surface area (Å²) in [6.07, 6.45) is 3.58. The second-order valence-electron chi connectivity index (χ2n) is 5.54. The molecule has 0 fully saturated rings. The van der Waals surface area contributed by atoms with Crippen molar-refractivity contribution in [2.75, 3.05) is 0 Å². The van der Waals surface area contributed by atoms with E-state index in [1.807, 2.05) is 12.1 Å². The fourth-order valence-electron chi connectivity index (χ4n) is 2.42. The molecule has 1 amide bonds. The molecule has 0 spiro atoms. The minimum atomic E-state index is -0.953. The van der Waals surface area contributed by atoms with Gasteiger partial charge < -0.3 is 16.0 Å². The van der Waals surface area contributed by atoms with Crippen molar-refractivity contribution in [3.05, 3.63) is 65.5 Å². The first-order chi connectivity index (χ1) is 11.5. The van der Waals surface area contributed by atoms with Gasteiger partial charge >= 0.3 is 0 Å². The Bertz CT molecular complexity index is 878. The summed E-state index contributed by atoms with van der Waals surface area (Å²) in [5, 5.41) is 3.67. The normalized spacial score (nSPS) is 12.3. The summed E-state index contributed by atoms with van der Waals surface area (Å²) < 4.78 is 26.1. The standard InChI is InChI=1S/C17H16F2N4O/c18-13-2-1-10(6-14(13)19)7-15(20)17(24)23-9-11-5-12-3-4-21-16(12)22-8-11/h1-6,8,15H,7,9,20H2,(H,21,22)(H,23,24). The maximum Gasteiger partial charge on any atom is 0.237 e. The van der Waals surface area contributed by atoms with Gasteiger partial charge in [-0.3, -0.25) is 4.79 Å². The van der Waals surface area contributed by atoms with Crippen molar-refractivity contribution in [1.82, 2.24) is 15.3 Å². The number of benzene rings is 1. The number of hydrogen-bond acceptors (Lipinski definition) is 3. The van der Waals surface area contributed by atoms with Crippen molar-refractivity contribution in [3.8, 4) is 0 Å². The molecule has 0 saturated heterocycles. The van der Waals surface area contributed by atoms with E-state index in [0.29, 0.717) is 12.1 Å². The zero-order valence-corrected chi connectivity index (χ0v) is 12.7. The van der Waals surface area contributed by atoms with E-state index in [4.69, 9.17) is 5.73 Å². The molecule has 124 valence electrons. The van der Waals surface area contributed by atoms with Crippen LogP contribution in [-0.4, -0.2) is 21.9 Å². The first-order valence-corrected chi connectivity index (χ1v) is 7.42. The minimum absolute atomic E-state index is 0.123. The molecule has 0 aliphatic carbocycles. The fraction of sp³-hybridized carbons (Fsp3) is 0.176. The number of fused-ring (bicyclic) bond motifs is 1. The summed E-state index contributed by atoms with van der Waals surface area (Å²) in [5.41, 5.74) is 7.91. The lowest BCUT2D eigenvalue weighted by Gasteiger charge is -2.12. The molecule has 1 aromatic carbocycles. The number of aromatic amines is 1. The summed E-state index contributed by atoms with van der Waals surface area (Å²) in [4.78, 5) is 19.3. The number of carbonyl (C=O) groups is 1. The lowest BCUT2D eigenvalue weighted by molar-refractivity contribution is -0.122. The number of hydrogen-bond donors (Lipinski definition) is 3. The van der Waals surface area contributed by atoms with E-state index in [2.05, 4.69) is 15.3 Å². The molecule has 2 aromatic heterocycles. The van der Waals surface area contributed by atoms with Crippen LogP contribution >= 0.6 is 0 Å². The number of nitrogens with two attached hydrogens (primary N) is 1. The van der Waals surface area contributed by atoms with Gasteiger partial charge in [0, 0.05) is 24.3 Å². The van der Waals surface area contributed by atoms with Crippen LogP contribution in [0.3, 0.4) is 0 Å². The third kappa shape index (κ3) is 3.57. The van der Waals surface area contributed by atoms with Gasteiger partial charge in [-0.25, -0.2) is 13.8 Å². The predicted octanol–water partition coefficient (Wildman–Crippen LogP) is 2.03. The Kier molecular flexibility index (Phi) is 4.52. The second-order valence-corrected chi connectivity index (χ2v) is 5.54. The molecule has 4 N–H and O–H groups in total. The third-order valence-corrected chi connectivity index (χ3v) is 3.70. The molecule has 0 radical (unpaired) electrons. The quantitative estimate of drug-likeness (QED) is 0.669. The molecule has 0 aliphatic rings. The van der Waals surface area contributed by atoms with Crippen molar-refractivity contribution in [1.29, 1.82) is 0 Å². The Morgan fingerprint density at radius 1 is 1.21 bits per heavy atom. The van der Waals surface area contributed by atoms with Crippen LogP contribution in [-0.2, 0) is 17.8 Å². The molecule has 5 nitrogen and oxygen atoms in total. The maximum absolute atomic E-state index is 13.2. The van der Waals surface area contributed by atoms with E-state index in [1.165, 1.54) is 6.07 Å².